The lowest BCUT2D eigenvalue weighted by atomic mass is 10.2. The lowest BCUT2D eigenvalue weighted by molar-refractivity contribution is 0.252. The Hall–Kier alpha value is -1.97. The Morgan fingerprint density at radius 2 is 2.05 bits per heavy atom. The Labute approximate surface area is 113 Å². The van der Waals surface area contributed by atoms with Crippen LogP contribution in [0.5, 0.6) is 0 Å². The second-order valence-corrected chi connectivity index (χ2v) is 4.58. The van der Waals surface area contributed by atoms with Gasteiger partial charge in [-0.1, -0.05) is 31.5 Å². The number of carbonyl (C=O) groups is 1. The quantitative estimate of drug-likeness (QED) is 0.792. The van der Waals surface area contributed by atoms with Crippen LogP contribution in [0.2, 0.25) is 0 Å². The van der Waals surface area contributed by atoms with Crippen molar-refractivity contribution < 1.29 is 4.79 Å². The number of aryl methyl sites for hydroxylation is 1. The zero-order chi connectivity index (χ0) is 13.7. The number of hydrogen-bond donors (Lipinski definition) is 2. The van der Waals surface area contributed by atoms with Crippen molar-refractivity contribution >= 4 is 22.6 Å². The minimum absolute atomic E-state index is 0.132. The van der Waals surface area contributed by atoms with Gasteiger partial charge in [-0.05, 0) is 19.4 Å². The maximum atomic E-state index is 11.8. The first-order chi connectivity index (χ1) is 9.26. The first kappa shape index (κ1) is 13.5. The molecule has 1 heterocycles. The van der Waals surface area contributed by atoms with Gasteiger partial charge in [-0.2, -0.15) is 0 Å². The Kier molecular flexibility index (Phi) is 4.44. The first-order valence-corrected chi connectivity index (χ1v) is 6.89. The van der Waals surface area contributed by atoms with E-state index in [-0.39, 0.29) is 6.03 Å². The fourth-order valence-corrected chi connectivity index (χ4v) is 2.15. The summed E-state index contributed by atoms with van der Waals surface area (Å²) in [6.07, 6.45) is 4.07. The van der Waals surface area contributed by atoms with E-state index < -0.39 is 0 Å². The standard InChI is InChI=1S/C15H21N3O/c1-3-5-10-16-15(19)17-13-11-18(4-2)14-9-7-6-8-12(13)14/h6-9,11H,3-5,10H2,1-2H3,(H2,16,17,19). The van der Waals surface area contributed by atoms with Crippen molar-refractivity contribution in [3.05, 3.63) is 30.5 Å². The highest BCUT2D eigenvalue weighted by atomic mass is 16.2. The van der Waals surface area contributed by atoms with Crippen LogP contribution in [-0.2, 0) is 6.54 Å². The van der Waals surface area contributed by atoms with E-state index in [0.29, 0.717) is 0 Å². The highest BCUT2D eigenvalue weighted by Gasteiger charge is 2.09. The number of benzene rings is 1. The predicted molar refractivity (Wildman–Crippen MR) is 79.5 cm³/mol. The average molecular weight is 259 g/mol. The molecule has 0 unspecified atom stereocenters. The maximum Gasteiger partial charge on any atom is 0.319 e. The number of carbonyl (C=O) groups excluding carboxylic acids is 1. The number of rotatable bonds is 5. The van der Waals surface area contributed by atoms with Crippen molar-refractivity contribution in [1.29, 1.82) is 0 Å². The van der Waals surface area contributed by atoms with Crippen molar-refractivity contribution in [2.24, 2.45) is 0 Å². The smallest absolute Gasteiger partial charge is 0.319 e. The van der Waals surface area contributed by atoms with Gasteiger partial charge in [0.1, 0.15) is 0 Å². The maximum absolute atomic E-state index is 11.8. The summed E-state index contributed by atoms with van der Waals surface area (Å²) in [7, 11) is 0. The molecule has 102 valence electrons. The summed E-state index contributed by atoms with van der Waals surface area (Å²) in [5.41, 5.74) is 2.01. The molecule has 4 nitrogen and oxygen atoms in total. The Bertz CT molecular complexity index is 560. The molecule has 2 aromatic rings. The summed E-state index contributed by atoms with van der Waals surface area (Å²) < 4.78 is 2.14. The molecule has 1 aromatic carbocycles. The van der Waals surface area contributed by atoms with E-state index in [1.165, 1.54) is 0 Å². The Morgan fingerprint density at radius 3 is 2.79 bits per heavy atom. The van der Waals surface area contributed by atoms with Crippen LogP contribution < -0.4 is 10.6 Å². The molecule has 0 saturated heterocycles. The number of anilines is 1. The van der Waals surface area contributed by atoms with Gasteiger partial charge in [0, 0.05) is 24.7 Å². The number of nitrogens with one attached hydrogen (secondary N) is 2. The van der Waals surface area contributed by atoms with Gasteiger partial charge in [0.25, 0.3) is 0 Å². The summed E-state index contributed by atoms with van der Waals surface area (Å²) in [5.74, 6) is 0. The zero-order valence-corrected chi connectivity index (χ0v) is 11.6. The number of nitrogens with zero attached hydrogens (tertiary/aromatic N) is 1. The van der Waals surface area contributed by atoms with Crippen molar-refractivity contribution in [2.45, 2.75) is 33.2 Å². The van der Waals surface area contributed by atoms with Gasteiger partial charge in [0.05, 0.1) is 11.2 Å². The second-order valence-electron chi connectivity index (χ2n) is 4.58. The fourth-order valence-electron chi connectivity index (χ4n) is 2.15. The van der Waals surface area contributed by atoms with Crippen LogP contribution in [-0.4, -0.2) is 17.1 Å². The third-order valence-corrected chi connectivity index (χ3v) is 3.19. The monoisotopic (exact) mass is 259 g/mol. The molecule has 0 radical (unpaired) electrons. The zero-order valence-electron chi connectivity index (χ0n) is 11.6. The highest BCUT2D eigenvalue weighted by Crippen LogP contribution is 2.25. The molecule has 4 heteroatoms. The molecule has 0 aliphatic carbocycles. The molecular weight excluding hydrogens is 238 g/mol. The normalized spacial score (nSPS) is 10.6. The molecule has 2 rings (SSSR count). The number of fused-ring (bicyclic) bond motifs is 1. The highest BCUT2D eigenvalue weighted by molar-refractivity contribution is 6.01. The van der Waals surface area contributed by atoms with Crippen LogP contribution in [0.3, 0.4) is 0 Å². The van der Waals surface area contributed by atoms with Crippen molar-refractivity contribution in [3.63, 3.8) is 0 Å². The second kappa shape index (κ2) is 6.27. The SMILES string of the molecule is CCCCNC(=O)Nc1cn(CC)c2ccccc12. The van der Waals surface area contributed by atoms with E-state index in [9.17, 15) is 4.79 Å². The van der Waals surface area contributed by atoms with Gasteiger partial charge in [0.2, 0.25) is 0 Å². The molecule has 0 fully saturated rings. The van der Waals surface area contributed by atoms with E-state index in [1.54, 1.807) is 0 Å². The molecule has 0 spiro atoms. The molecule has 0 bridgehead atoms. The van der Waals surface area contributed by atoms with Crippen LogP contribution in [0.4, 0.5) is 10.5 Å². The van der Waals surface area contributed by atoms with E-state index in [4.69, 9.17) is 0 Å². The van der Waals surface area contributed by atoms with Crippen molar-refractivity contribution in [1.82, 2.24) is 9.88 Å². The van der Waals surface area contributed by atoms with E-state index in [2.05, 4.69) is 35.1 Å². The third-order valence-electron chi connectivity index (χ3n) is 3.19. The van der Waals surface area contributed by atoms with Crippen LogP contribution in [0, 0.1) is 0 Å². The minimum Gasteiger partial charge on any atom is -0.346 e. The Morgan fingerprint density at radius 1 is 1.26 bits per heavy atom. The number of hydrogen-bond acceptors (Lipinski definition) is 1. The van der Waals surface area contributed by atoms with E-state index in [0.717, 1.165) is 42.5 Å². The molecule has 0 aliphatic rings. The third kappa shape index (κ3) is 3.08. The average Bonchev–Trinajstić information content (AvgIpc) is 2.77. The van der Waals surface area contributed by atoms with Crippen LogP contribution in [0.15, 0.2) is 30.5 Å². The van der Waals surface area contributed by atoms with Crippen LogP contribution >= 0.6 is 0 Å². The van der Waals surface area contributed by atoms with Gasteiger partial charge in [0.15, 0.2) is 0 Å². The number of unbranched alkanes of at least 4 members (excludes halogenated alkanes) is 1. The van der Waals surface area contributed by atoms with Crippen molar-refractivity contribution in [3.8, 4) is 0 Å². The molecule has 0 saturated carbocycles. The molecule has 2 N–H and O–H groups in total. The summed E-state index contributed by atoms with van der Waals surface area (Å²) in [5, 5.41) is 6.87. The lowest BCUT2D eigenvalue weighted by Crippen LogP contribution is -2.29. The molecule has 0 aliphatic heterocycles. The summed E-state index contributed by atoms with van der Waals surface area (Å²) in [4.78, 5) is 11.8. The molecule has 2 amide bonds. The van der Waals surface area contributed by atoms with Crippen molar-refractivity contribution in [2.75, 3.05) is 11.9 Å². The van der Waals surface area contributed by atoms with Gasteiger partial charge >= 0.3 is 6.03 Å². The molecule has 0 atom stereocenters. The topological polar surface area (TPSA) is 46.1 Å². The van der Waals surface area contributed by atoms with Crippen LogP contribution in [0.25, 0.3) is 10.9 Å². The fraction of sp³-hybridized carbons (Fsp3) is 0.400. The van der Waals surface area contributed by atoms with E-state index in [1.807, 2.05) is 24.4 Å². The largest absolute Gasteiger partial charge is 0.346 e. The lowest BCUT2D eigenvalue weighted by Gasteiger charge is -2.05. The first-order valence-electron chi connectivity index (χ1n) is 6.89. The minimum atomic E-state index is -0.132. The van der Waals surface area contributed by atoms with Gasteiger partial charge in [-0.3, -0.25) is 0 Å². The number of aromatic nitrogens is 1. The summed E-state index contributed by atoms with van der Waals surface area (Å²) >= 11 is 0. The number of urea groups is 1. The van der Waals surface area contributed by atoms with Gasteiger partial charge in [-0.15, -0.1) is 0 Å². The molecular formula is C15H21N3O. The number of amides is 2. The van der Waals surface area contributed by atoms with Gasteiger partial charge < -0.3 is 15.2 Å². The summed E-state index contributed by atoms with van der Waals surface area (Å²) in [6.45, 7) is 5.81. The Balaban J connectivity index is 2.14. The van der Waals surface area contributed by atoms with Gasteiger partial charge in [-0.25, -0.2) is 4.79 Å². The van der Waals surface area contributed by atoms with Crippen LogP contribution in [0.1, 0.15) is 26.7 Å². The molecule has 1 aromatic heterocycles. The predicted octanol–water partition coefficient (Wildman–Crippen LogP) is 3.58. The number of para-hydroxylation sites is 1. The summed E-state index contributed by atoms with van der Waals surface area (Å²) in [6, 6.07) is 7.97. The van der Waals surface area contributed by atoms with E-state index >= 15 is 0 Å². The molecule has 19 heavy (non-hydrogen) atoms.